The summed E-state index contributed by atoms with van der Waals surface area (Å²) in [6.07, 6.45) is 2.96. The number of rotatable bonds is 8. The van der Waals surface area contributed by atoms with E-state index < -0.39 is 0 Å². The van der Waals surface area contributed by atoms with Gasteiger partial charge in [0.1, 0.15) is 5.76 Å². The van der Waals surface area contributed by atoms with Crippen LogP contribution in [-0.2, 0) is 20.9 Å². The lowest BCUT2D eigenvalue weighted by Crippen LogP contribution is -2.41. The number of piperidine rings is 1. The second-order valence-corrected chi connectivity index (χ2v) is 7.19. The number of carbonyl (C=O) groups excluding carboxylic acids is 3. The predicted octanol–water partition coefficient (Wildman–Crippen LogP) is 2.42. The molecule has 1 aliphatic heterocycles. The van der Waals surface area contributed by atoms with Gasteiger partial charge in [-0.15, -0.1) is 0 Å². The second kappa shape index (κ2) is 10.6. The lowest BCUT2D eigenvalue weighted by molar-refractivity contribution is -0.149. The van der Waals surface area contributed by atoms with Crippen molar-refractivity contribution in [1.82, 2.24) is 10.2 Å². The Morgan fingerprint density at radius 3 is 2.50 bits per heavy atom. The smallest absolute Gasteiger partial charge is 0.309 e. The molecule has 1 aromatic heterocycles. The quantitative estimate of drug-likeness (QED) is 0.645. The fourth-order valence-corrected chi connectivity index (χ4v) is 3.38. The first-order chi connectivity index (χ1) is 14.5. The number of anilines is 1. The lowest BCUT2D eigenvalue weighted by atomic mass is 9.97. The molecule has 0 aliphatic carbocycles. The van der Waals surface area contributed by atoms with Crippen molar-refractivity contribution in [2.24, 2.45) is 5.92 Å². The summed E-state index contributed by atoms with van der Waals surface area (Å²) >= 11 is 0. The van der Waals surface area contributed by atoms with Crippen LogP contribution in [-0.4, -0.2) is 48.9 Å². The number of nitrogens with zero attached hydrogens (tertiary/aromatic N) is 1. The van der Waals surface area contributed by atoms with E-state index >= 15 is 0 Å². The van der Waals surface area contributed by atoms with Crippen molar-refractivity contribution >= 4 is 23.5 Å². The number of benzene rings is 1. The summed E-state index contributed by atoms with van der Waals surface area (Å²) in [6.45, 7) is 4.15. The van der Waals surface area contributed by atoms with Crippen LogP contribution in [0.5, 0.6) is 0 Å². The molecular formula is C22H27N3O5. The van der Waals surface area contributed by atoms with Gasteiger partial charge >= 0.3 is 5.97 Å². The van der Waals surface area contributed by atoms with Crippen LogP contribution in [0.2, 0.25) is 0 Å². The minimum atomic E-state index is -0.214. The van der Waals surface area contributed by atoms with Gasteiger partial charge in [-0.2, -0.15) is 0 Å². The molecule has 30 heavy (non-hydrogen) atoms. The van der Waals surface area contributed by atoms with Crippen LogP contribution in [0.25, 0.3) is 0 Å². The zero-order valence-electron chi connectivity index (χ0n) is 17.1. The van der Waals surface area contributed by atoms with Crippen LogP contribution in [0.15, 0.2) is 47.1 Å². The highest BCUT2D eigenvalue weighted by Crippen LogP contribution is 2.18. The molecule has 2 N–H and O–H groups in total. The first-order valence-electron chi connectivity index (χ1n) is 10.1. The number of amides is 2. The van der Waals surface area contributed by atoms with Crippen molar-refractivity contribution in [3.63, 3.8) is 0 Å². The lowest BCUT2D eigenvalue weighted by Gasteiger charge is -2.30. The van der Waals surface area contributed by atoms with E-state index in [1.54, 1.807) is 49.6 Å². The highest BCUT2D eigenvalue weighted by Gasteiger charge is 2.26. The molecule has 2 heterocycles. The van der Waals surface area contributed by atoms with Crippen molar-refractivity contribution in [2.75, 3.05) is 31.6 Å². The zero-order valence-corrected chi connectivity index (χ0v) is 17.1. The fourth-order valence-electron chi connectivity index (χ4n) is 3.38. The van der Waals surface area contributed by atoms with Gasteiger partial charge in [-0.25, -0.2) is 0 Å². The van der Waals surface area contributed by atoms with Gasteiger partial charge in [0.15, 0.2) is 0 Å². The van der Waals surface area contributed by atoms with Crippen molar-refractivity contribution in [3.05, 3.63) is 54.0 Å². The van der Waals surface area contributed by atoms with Crippen LogP contribution < -0.4 is 10.6 Å². The van der Waals surface area contributed by atoms with Gasteiger partial charge in [0.2, 0.25) is 5.91 Å². The average molecular weight is 413 g/mol. The number of ether oxygens (including phenoxy) is 1. The summed E-state index contributed by atoms with van der Waals surface area (Å²) in [5.74, 6) is 0.123. The topological polar surface area (TPSA) is 101 Å². The van der Waals surface area contributed by atoms with E-state index in [0.29, 0.717) is 56.1 Å². The number of esters is 1. The summed E-state index contributed by atoms with van der Waals surface area (Å²) in [5.41, 5.74) is 1.13. The summed E-state index contributed by atoms with van der Waals surface area (Å²) < 4.78 is 10.3. The van der Waals surface area contributed by atoms with Crippen molar-refractivity contribution in [1.29, 1.82) is 0 Å². The Morgan fingerprint density at radius 1 is 1.13 bits per heavy atom. The van der Waals surface area contributed by atoms with Gasteiger partial charge in [-0.3, -0.25) is 19.3 Å². The van der Waals surface area contributed by atoms with Gasteiger partial charge in [-0.05, 0) is 69.3 Å². The zero-order chi connectivity index (χ0) is 21.3. The maximum atomic E-state index is 12.3. The number of hydrogen-bond donors (Lipinski definition) is 2. The number of hydrogen-bond acceptors (Lipinski definition) is 6. The molecule has 2 aromatic rings. The number of carbonyl (C=O) groups is 3. The maximum absolute atomic E-state index is 12.3. The number of furan rings is 1. The highest BCUT2D eigenvalue weighted by molar-refractivity contribution is 5.96. The summed E-state index contributed by atoms with van der Waals surface area (Å²) in [6, 6.07) is 10.3. The van der Waals surface area contributed by atoms with E-state index in [-0.39, 0.29) is 30.2 Å². The highest BCUT2D eigenvalue weighted by atomic mass is 16.5. The fraction of sp³-hybridized carbons (Fsp3) is 0.409. The SMILES string of the molecule is CCOC(=O)C1CCN(CC(=O)Nc2ccc(C(=O)NCc3ccco3)cc2)CC1. The van der Waals surface area contributed by atoms with Crippen molar-refractivity contribution in [2.45, 2.75) is 26.3 Å². The second-order valence-electron chi connectivity index (χ2n) is 7.19. The van der Waals surface area contributed by atoms with E-state index in [9.17, 15) is 14.4 Å². The molecule has 1 aromatic carbocycles. The molecule has 8 heteroatoms. The van der Waals surface area contributed by atoms with Gasteiger partial charge in [0.05, 0.1) is 31.9 Å². The molecule has 0 bridgehead atoms. The molecular weight excluding hydrogens is 386 g/mol. The summed E-state index contributed by atoms with van der Waals surface area (Å²) in [5, 5.41) is 5.62. The Balaban J connectivity index is 1.41. The monoisotopic (exact) mass is 413 g/mol. The Hall–Kier alpha value is -3.13. The maximum Gasteiger partial charge on any atom is 0.309 e. The standard InChI is InChI=1S/C22H27N3O5/c1-2-29-22(28)17-9-11-25(12-10-17)15-20(26)24-18-7-5-16(6-8-18)21(27)23-14-19-4-3-13-30-19/h3-8,13,17H,2,9-12,14-15H2,1H3,(H,23,27)(H,24,26). The van der Waals surface area contributed by atoms with Gasteiger partial charge in [0.25, 0.3) is 5.91 Å². The minimum absolute atomic E-state index is 0.0734. The van der Waals surface area contributed by atoms with Crippen LogP contribution in [0, 0.1) is 5.92 Å². The Morgan fingerprint density at radius 2 is 1.87 bits per heavy atom. The molecule has 8 nitrogen and oxygen atoms in total. The van der Waals surface area contributed by atoms with Crippen molar-refractivity contribution < 1.29 is 23.5 Å². The minimum Gasteiger partial charge on any atom is -0.467 e. The largest absolute Gasteiger partial charge is 0.467 e. The van der Waals surface area contributed by atoms with E-state index in [1.807, 2.05) is 4.90 Å². The number of nitrogens with one attached hydrogen (secondary N) is 2. The first kappa shape index (κ1) is 21.6. The molecule has 1 saturated heterocycles. The third kappa shape index (κ3) is 6.18. The normalized spacial score (nSPS) is 14.8. The van der Waals surface area contributed by atoms with Crippen LogP contribution >= 0.6 is 0 Å². The molecule has 0 radical (unpaired) electrons. The van der Waals surface area contributed by atoms with E-state index in [1.165, 1.54) is 0 Å². The molecule has 0 unspecified atom stereocenters. The first-order valence-corrected chi connectivity index (χ1v) is 10.1. The third-order valence-electron chi connectivity index (χ3n) is 5.01. The summed E-state index contributed by atoms with van der Waals surface area (Å²) in [7, 11) is 0. The predicted molar refractivity (Wildman–Crippen MR) is 111 cm³/mol. The van der Waals surface area contributed by atoms with Gasteiger partial charge in [-0.1, -0.05) is 0 Å². The molecule has 0 atom stereocenters. The van der Waals surface area contributed by atoms with Gasteiger partial charge < -0.3 is 19.8 Å². The molecule has 1 aliphatic rings. The van der Waals surface area contributed by atoms with Gasteiger partial charge in [0, 0.05) is 11.3 Å². The van der Waals surface area contributed by atoms with Crippen LogP contribution in [0.3, 0.4) is 0 Å². The molecule has 2 amide bonds. The Bertz CT molecular complexity index is 840. The molecule has 160 valence electrons. The van der Waals surface area contributed by atoms with Crippen molar-refractivity contribution in [3.8, 4) is 0 Å². The Kier molecular flexibility index (Phi) is 7.62. The van der Waals surface area contributed by atoms with E-state index in [4.69, 9.17) is 9.15 Å². The van der Waals surface area contributed by atoms with E-state index in [0.717, 1.165) is 0 Å². The molecule has 0 spiro atoms. The average Bonchev–Trinajstić information content (AvgIpc) is 3.27. The number of likely N-dealkylation sites (tertiary alicyclic amines) is 1. The Labute approximate surface area is 175 Å². The van der Waals surface area contributed by atoms with Crippen LogP contribution in [0.4, 0.5) is 5.69 Å². The molecule has 3 rings (SSSR count). The van der Waals surface area contributed by atoms with Crippen LogP contribution in [0.1, 0.15) is 35.9 Å². The molecule has 1 fully saturated rings. The third-order valence-corrected chi connectivity index (χ3v) is 5.01. The van der Waals surface area contributed by atoms with E-state index in [2.05, 4.69) is 10.6 Å². The molecule has 0 saturated carbocycles. The summed E-state index contributed by atoms with van der Waals surface area (Å²) in [4.78, 5) is 38.3.